The van der Waals surface area contributed by atoms with Gasteiger partial charge in [-0.05, 0) is 25.2 Å². The molecule has 42 heavy (non-hydrogen) atoms. The molecule has 0 rings (SSSR count). The molecule has 0 aliphatic heterocycles. The summed E-state index contributed by atoms with van der Waals surface area (Å²) in [6.07, 6.45) is 28.2. The number of carbonyl (C=O) groups is 1. The molecule has 0 heterocycles. The Balaban J connectivity index is 3.66. The third kappa shape index (κ3) is 32.2. The Morgan fingerprint density at radius 2 is 1.21 bits per heavy atom. The van der Waals surface area contributed by atoms with Gasteiger partial charge in [-0.1, -0.05) is 143 Å². The van der Waals surface area contributed by atoms with Gasteiger partial charge in [0.05, 0.1) is 19.3 Å². The highest BCUT2D eigenvalue weighted by atomic mass is 16.5. The van der Waals surface area contributed by atoms with E-state index in [1.807, 2.05) is 0 Å². The molecule has 1 amide bonds. The third-order valence-electron chi connectivity index (χ3n) is 8.28. The van der Waals surface area contributed by atoms with Crippen LogP contribution in [0, 0.1) is 5.92 Å². The second kappa shape index (κ2) is 33.2. The molecular formula is C36H74N2O4. The van der Waals surface area contributed by atoms with Crippen LogP contribution >= 0.6 is 0 Å². The van der Waals surface area contributed by atoms with Crippen molar-refractivity contribution in [1.82, 2.24) is 10.2 Å². The lowest BCUT2D eigenvalue weighted by Gasteiger charge is -2.24. The fourth-order valence-corrected chi connectivity index (χ4v) is 5.51. The van der Waals surface area contributed by atoms with Gasteiger partial charge in [-0.2, -0.15) is 0 Å². The molecule has 6 heteroatoms. The van der Waals surface area contributed by atoms with Crippen molar-refractivity contribution in [1.29, 1.82) is 0 Å². The number of hydrogen-bond donors (Lipinski definition) is 3. The average Bonchev–Trinajstić information content (AvgIpc) is 2.97. The number of amides is 1. The maximum atomic E-state index is 12.2. The number of unbranched alkanes of at least 4 members (excludes halogenated alkanes) is 18. The first-order valence-electron chi connectivity index (χ1n) is 18.3. The van der Waals surface area contributed by atoms with E-state index in [-0.39, 0.29) is 12.5 Å². The summed E-state index contributed by atoms with van der Waals surface area (Å²) in [6.45, 7) is 10.7. The van der Waals surface area contributed by atoms with Crippen molar-refractivity contribution >= 4 is 5.91 Å². The van der Waals surface area contributed by atoms with Crippen LogP contribution in [0.2, 0.25) is 0 Å². The SMILES string of the molecule is CCCCCCCCCCOCCN(CCCNC(=O)CCCCCCCCCCCCCCC(C)C)CC(O)CO. The van der Waals surface area contributed by atoms with Gasteiger partial charge in [-0.3, -0.25) is 9.69 Å². The number of nitrogens with one attached hydrogen (secondary N) is 1. The van der Waals surface area contributed by atoms with Gasteiger partial charge >= 0.3 is 0 Å². The summed E-state index contributed by atoms with van der Waals surface area (Å²) in [6, 6.07) is 0. The van der Waals surface area contributed by atoms with E-state index in [0.29, 0.717) is 26.1 Å². The third-order valence-corrected chi connectivity index (χ3v) is 8.28. The first-order chi connectivity index (χ1) is 20.5. The fraction of sp³-hybridized carbons (Fsp3) is 0.972. The van der Waals surface area contributed by atoms with Gasteiger partial charge in [0.25, 0.3) is 0 Å². The van der Waals surface area contributed by atoms with Crippen LogP contribution in [0.5, 0.6) is 0 Å². The van der Waals surface area contributed by atoms with Crippen LogP contribution < -0.4 is 5.32 Å². The lowest BCUT2D eigenvalue weighted by Crippen LogP contribution is -2.38. The molecule has 0 aromatic heterocycles. The van der Waals surface area contributed by atoms with Crippen molar-refractivity contribution in [3.63, 3.8) is 0 Å². The van der Waals surface area contributed by atoms with Crippen LogP contribution in [0.25, 0.3) is 0 Å². The Morgan fingerprint density at radius 3 is 1.76 bits per heavy atom. The Morgan fingerprint density at radius 1 is 0.690 bits per heavy atom. The van der Waals surface area contributed by atoms with Crippen molar-refractivity contribution in [3.05, 3.63) is 0 Å². The Bertz CT molecular complexity index is 546. The summed E-state index contributed by atoms with van der Waals surface area (Å²) in [4.78, 5) is 14.3. The van der Waals surface area contributed by atoms with Gasteiger partial charge in [0, 0.05) is 39.2 Å². The van der Waals surface area contributed by atoms with E-state index in [1.54, 1.807) is 0 Å². The minimum absolute atomic E-state index is 0.152. The molecule has 0 aromatic carbocycles. The molecule has 3 N–H and O–H groups in total. The summed E-state index contributed by atoms with van der Waals surface area (Å²) in [5.41, 5.74) is 0. The molecule has 252 valence electrons. The Hall–Kier alpha value is -0.690. The van der Waals surface area contributed by atoms with E-state index >= 15 is 0 Å². The molecule has 0 saturated carbocycles. The highest BCUT2D eigenvalue weighted by Crippen LogP contribution is 2.14. The summed E-state index contributed by atoms with van der Waals surface area (Å²) in [5, 5.41) is 22.2. The first-order valence-corrected chi connectivity index (χ1v) is 18.3. The van der Waals surface area contributed by atoms with E-state index in [4.69, 9.17) is 4.74 Å². The minimum atomic E-state index is -0.739. The molecule has 6 nitrogen and oxygen atoms in total. The molecule has 1 unspecified atom stereocenters. The number of carbonyl (C=O) groups excluding carboxylic acids is 1. The van der Waals surface area contributed by atoms with Gasteiger partial charge in [0.2, 0.25) is 5.91 Å². The molecular weight excluding hydrogens is 524 g/mol. The molecule has 1 atom stereocenters. The number of nitrogens with zero attached hydrogens (tertiary/aromatic N) is 1. The van der Waals surface area contributed by atoms with E-state index in [1.165, 1.54) is 116 Å². The zero-order valence-corrected chi connectivity index (χ0v) is 28.5. The van der Waals surface area contributed by atoms with E-state index in [0.717, 1.165) is 51.3 Å². The van der Waals surface area contributed by atoms with Crippen LogP contribution in [-0.4, -0.2) is 73.1 Å². The number of ether oxygens (including phenoxy) is 1. The van der Waals surface area contributed by atoms with Crippen LogP contribution in [0.4, 0.5) is 0 Å². The standard InChI is InChI=1S/C36H74N2O4/c1-4-5-6-7-8-17-20-23-30-42-31-29-38(32-35(40)33-39)28-24-27-37-36(41)26-22-19-16-14-12-10-9-11-13-15-18-21-25-34(2)3/h34-35,39-40H,4-33H2,1-3H3,(H,37,41). The van der Waals surface area contributed by atoms with E-state index in [2.05, 4.69) is 31.0 Å². The van der Waals surface area contributed by atoms with Gasteiger partial charge < -0.3 is 20.3 Å². The Labute approximate surface area is 262 Å². The molecule has 0 radical (unpaired) electrons. The lowest BCUT2D eigenvalue weighted by molar-refractivity contribution is -0.121. The number of aliphatic hydroxyl groups excluding tert-OH is 2. The van der Waals surface area contributed by atoms with Crippen LogP contribution in [0.3, 0.4) is 0 Å². The topological polar surface area (TPSA) is 82.0 Å². The average molecular weight is 599 g/mol. The largest absolute Gasteiger partial charge is 0.394 e. The maximum Gasteiger partial charge on any atom is 0.219 e. The van der Waals surface area contributed by atoms with Crippen molar-refractivity contribution in [2.75, 3.05) is 46.0 Å². The van der Waals surface area contributed by atoms with Crippen LogP contribution in [0.1, 0.15) is 168 Å². The number of aliphatic hydroxyl groups is 2. The quantitative estimate of drug-likeness (QED) is 0.0648. The molecule has 0 aliphatic carbocycles. The zero-order valence-electron chi connectivity index (χ0n) is 28.5. The monoisotopic (exact) mass is 599 g/mol. The van der Waals surface area contributed by atoms with Crippen LogP contribution in [-0.2, 0) is 9.53 Å². The first kappa shape index (κ1) is 41.3. The van der Waals surface area contributed by atoms with E-state index < -0.39 is 6.10 Å². The molecule has 0 fully saturated rings. The van der Waals surface area contributed by atoms with Crippen LogP contribution in [0.15, 0.2) is 0 Å². The molecule has 0 spiro atoms. The predicted molar refractivity (Wildman–Crippen MR) is 180 cm³/mol. The summed E-state index contributed by atoms with van der Waals surface area (Å²) in [7, 11) is 0. The highest BCUT2D eigenvalue weighted by Gasteiger charge is 2.11. The van der Waals surface area contributed by atoms with Gasteiger partial charge in [-0.15, -0.1) is 0 Å². The van der Waals surface area contributed by atoms with Gasteiger partial charge in [0.15, 0.2) is 0 Å². The smallest absolute Gasteiger partial charge is 0.219 e. The predicted octanol–water partition coefficient (Wildman–Crippen LogP) is 8.42. The molecule has 0 bridgehead atoms. The van der Waals surface area contributed by atoms with Crippen molar-refractivity contribution < 1.29 is 19.7 Å². The lowest BCUT2D eigenvalue weighted by atomic mass is 10.0. The summed E-state index contributed by atoms with van der Waals surface area (Å²) in [5.74, 6) is 1.00. The van der Waals surface area contributed by atoms with Crippen molar-refractivity contribution in [2.45, 2.75) is 175 Å². The second-order valence-electron chi connectivity index (χ2n) is 13.1. The minimum Gasteiger partial charge on any atom is -0.394 e. The number of hydrogen-bond acceptors (Lipinski definition) is 5. The second-order valence-corrected chi connectivity index (χ2v) is 13.1. The molecule has 0 saturated heterocycles. The van der Waals surface area contributed by atoms with Gasteiger partial charge in [-0.25, -0.2) is 0 Å². The molecule has 0 aromatic rings. The zero-order chi connectivity index (χ0) is 30.9. The van der Waals surface area contributed by atoms with Gasteiger partial charge in [0.1, 0.15) is 0 Å². The van der Waals surface area contributed by atoms with E-state index in [9.17, 15) is 15.0 Å². The summed E-state index contributed by atoms with van der Waals surface area (Å²) < 4.78 is 5.83. The molecule has 0 aliphatic rings. The highest BCUT2D eigenvalue weighted by molar-refractivity contribution is 5.75. The summed E-state index contributed by atoms with van der Waals surface area (Å²) >= 11 is 0. The van der Waals surface area contributed by atoms with Crippen molar-refractivity contribution in [3.8, 4) is 0 Å². The maximum absolute atomic E-state index is 12.2. The Kier molecular flexibility index (Phi) is 32.7. The van der Waals surface area contributed by atoms with Crippen molar-refractivity contribution in [2.24, 2.45) is 5.92 Å². The fourth-order valence-electron chi connectivity index (χ4n) is 5.51. The number of rotatable bonds is 34. The normalized spacial score (nSPS) is 12.5.